The lowest BCUT2D eigenvalue weighted by atomic mass is 10.0. The summed E-state index contributed by atoms with van der Waals surface area (Å²) in [5, 5.41) is 23.3. The summed E-state index contributed by atoms with van der Waals surface area (Å²) in [5.74, 6) is -0.0425. The van der Waals surface area contributed by atoms with E-state index in [2.05, 4.69) is 31.3 Å². The maximum atomic E-state index is 12.6. The van der Waals surface area contributed by atoms with Crippen molar-refractivity contribution in [2.75, 3.05) is 13.2 Å². The molecular weight excluding hydrogens is 1090 g/mol. The molecule has 6 heteroatoms. The first-order chi connectivity index (χ1) is 44.0. The van der Waals surface area contributed by atoms with Crippen LogP contribution >= 0.6 is 0 Å². The average molecular weight is 1250 g/mol. The summed E-state index contributed by atoms with van der Waals surface area (Å²) >= 11 is 0. The number of aliphatic hydroxyl groups excluding tert-OH is 2. The van der Waals surface area contributed by atoms with E-state index in [0.29, 0.717) is 19.4 Å². The van der Waals surface area contributed by atoms with E-state index in [4.69, 9.17) is 4.74 Å². The molecule has 0 aliphatic heterocycles. The van der Waals surface area contributed by atoms with Crippen molar-refractivity contribution in [1.82, 2.24) is 5.32 Å². The van der Waals surface area contributed by atoms with Crippen LogP contribution in [0.15, 0.2) is 24.3 Å². The molecule has 2 unspecified atom stereocenters. The molecule has 0 saturated heterocycles. The van der Waals surface area contributed by atoms with Gasteiger partial charge in [0.25, 0.3) is 0 Å². The van der Waals surface area contributed by atoms with E-state index in [-0.39, 0.29) is 18.5 Å². The highest BCUT2D eigenvalue weighted by Crippen LogP contribution is 2.20. The second-order valence-corrected chi connectivity index (χ2v) is 28.5. The van der Waals surface area contributed by atoms with E-state index < -0.39 is 12.1 Å². The zero-order chi connectivity index (χ0) is 64.2. The molecule has 0 spiro atoms. The quantitative estimate of drug-likeness (QED) is 0.0320. The van der Waals surface area contributed by atoms with Gasteiger partial charge in [0.15, 0.2) is 0 Å². The number of amides is 1. The largest absolute Gasteiger partial charge is 0.466 e. The molecule has 528 valence electrons. The molecule has 0 aliphatic rings. The summed E-state index contributed by atoms with van der Waals surface area (Å²) in [6, 6.07) is -0.625. The minimum absolute atomic E-state index is 0.0148. The summed E-state index contributed by atoms with van der Waals surface area (Å²) in [5.41, 5.74) is 0. The number of rotatable bonds is 78. The smallest absolute Gasteiger partial charge is 0.305 e. The Kier molecular flexibility index (Phi) is 77.3. The Morgan fingerprint density at radius 2 is 0.528 bits per heavy atom. The number of aliphatic hydroxyl groups is 2. The number of unbranched alkanes of at least 4 members (excludes halogenated alkanes) is 65. The van der Waals surface area contributed by atoms with Gasteiger partial charge in [-0.05, 0) is 57.8 Å². The molecule has 0 aromatic carbocycles. The van der Waals surface area contributed by atoms with E-state index in [9.17, 15) is 19.8 Å². The van der Waals surface area contributed by atoms with Crippen LogP contribution in [0.5, 0.6) is 0 Å². The fraction of sp³-hybridized carbons (Fsp3) is 0.928. The van der Waals surface area contributed by atoms with E-state index in [1.165, 1.54) is 398 Å². The van der Waals surface area contributed by atoms with Crippen molar-refractivity contribution in [1.29, 1.82) is 0 Å². The zero-order valence-corrected chi connectivity index (χ0v) is 60.7. The Balaban J connectivity index is 3.34. The lowest BCUT2D eigenvalue weighted by Gasteiger charge is -2.20. The van der Waals surface area contributed by atoms with Crippen molar-refractivity contribution in [2.24, 2.45) is 0 Å². The van der Waals surface area contributed by atoms with Crippen molar-refractivity contribution in [3.8, 4) is 0 Å². The summed E-state index contributed by atoms with van der Waals surface area (Å²) in [4.78, 5) is 24.6. The van der Waals surface area contributed by atoms with Gasteiger partial charge in [-0.2, -0.15) is 0 Å². The minimum atomic E-state index is -0.842. The van der Waals surface area contributed by atoms with Gasteiger partial charge in [0, 0.05) is 12.8 Å². The van der Waals surface area contributed by atoms with E-state index in [0.717, 1.165) is 44.9 Å². The molecule has 0 aromatic rings. The number of allylic oxidation sites excluding steroid dienone is 3. The summed E-state index contributed by atoms with van der Waals surface area (Å²) in [6.07, 6.45) is 102. The lowest BCUT2D eigenvalue weighted by Crippen LogP contribution is -2.45. The van der Waals surface area contributed by atoms with Crippen LogP contribution in [-0.2, 0) is 14.3 Å². The molecule has 0 radical (unpaired) electrons. The van der Waals surface area contributed by atoms with E-state index in [1.54, 1.807) is 6.08 Å². The monoisotopic (exact) mass is 1250 g/mol. The molecule has 3 N–H and O–H groups in total. The van der Waals surface area contributed by atoms with Gasteiger partial charge in [-0.15, -0.1) is 0 Å². The van der Waals surface area contributed by atoms with E-state index >= 15 is 0 Å². The Hall–Kier alpha value is -1.66. The summed E-state index contributed by atoms with van der Waals surface area (Å²) < 4.78 is 5.50. The number of carbonyl (C=O) groups excluding carboxylic acids is 2. The van der Waals surface area contributed by atoms with Crippen LogP contribution in [-0.4, -0.2) is 47.4 Å². The zero-order valence-electron chi connectivity index (χ0n) is 60.7. The number of hydrogen-bond donors (Lipinski definition) is 3. The fourth-order valence-electron chi connectivity index (χ4n) is 13.2. The number of carbonyl (C=O) groups is 2. The second kappa shape index (κ2) is 78.8. The molecule has 89 heavy (non-hydrogen) atoms. The predicted molar refractivity (Wildman–Crippen MR) is 393 cm³/mol. The predicted octanol–water partition coefficient (Wildman–Crippen LogP) is 27.2. The van der Waals surface area contributed by atoms with Gasteiger partial charge < -0.3 is 20.3 Å². The normalized spacial score (nSPS) is 12.5. The number of ether oxygens (including phenoxy) is 1. The minimum Gasteiger partial charge on any atom is -0.466 e. The SMILES string of the molecule is CCCCCCC/C=C\CCCCCCCC(=O)OCCCCCCCCCCCCCCCCCCCCCCCCCCCCCCCCCCCCCC(=O)NC(CO)C(O)/C=C/CCCCCCCCCCCCCCCCCCCCCCC. The summed E-state index contributed by atoms with van der Waals surface area (Å²) in [7, 11) is 0. The van der Waals surface area contributed by atoms with Crippen LogP contribution in [0, 0.1) is 0 Å². The van der Waals surface area contributed by atoms with Crippen LogP contribution in [0.3, 0.4) is 0 Å². The van der Waals surface area contributed by atoms with Gasteiger partial charge in [-0.3, -0.25) is 9.59 Å². The number of esters is 1. The molecule has 0 rings (SSSR count). The third kappa shape index (κ3) is 75.3. The number of hydrogen-bond acceptors (Lipinski definition) is 5. The summed E-state index contributed by atoms with van der Waals surface area (Å²) in [6.45, 7) is 4.95. The standard InChI is InChI=1S/C83H161NO5/c1-3-5-7-9-11-13-15-17-19-20-21-22-36-39-42-45-48-51-55-59-63-67-71-75-81(86)80(79-85)84-82(87)76-72-68-64-60-56-52-49-46-43-40-37-34-32-30-28-26-24-23-25-27-29-31-33-35-38-41-44-47-50-54-58-62-66-70-74-78-89-83(88)77-73-69-65-61-57-53-18-16-14-12-10-8-6-4-2/h16,18,71,75,80-81,85-86H,3-15,17,19-70,72-74,76-79H2,1-2H3,(H,84,87)/b18-16-,75-71+. The third-order valence-corrected chi connectivity index (χ3v) is 19.5. The molecule has 0 fully saturated rings. The molecular formula is C83H161NO5. The van der Waals surface area contributed by atoms with Crippen LogP contribution in [0.25, 0.3) is 0 Å². The highest BCUT2D eigenvalue weighted by molar-refractivity contribution is 5.76. The first kappa shape index (κ1) is 87.3. The van der Waals surface area contributed by atoms with E-state index in [1.807, 2.05) is 6.08 Å². The lowest BCUT2D eigenvalue weighted by molar-refractivity contribution is -0.143. The van der Waals surface area contributed by atoms with Gasteiger partial charge in [-0.1, -0.05) is 423 Å². The Morgan fingerprint density at radius 3 is 0.798 bits per heavy atom. The maximum Gasteiger partial charge on any atom is 0.305 e. The molecule has 0 saturated carbocycles. The Morgan fingerprint density at radius 1 is 0.303 bits per heavy atom. The van der Waals surface area contributed by atoms with Crippen LogP contribution in [0.4, 0.5) is 0 Å². The molecule has 6 nitrogen and oxygen atoms in total. The highest BCUT2D eigenvalue weighted by Gasteiger charge is 2.18. The third-order valence-electron chi connectivity index (χ3n) is 19.5. The highest BCUT2D eigenvalue weighted by atomic mass is 16.5. The second-order valence-electron chi connectivity index (χ2n) is 28.5. The molecule has 0 aromatic heterocycles. The van der Waals surface area contributed by atoms with Crippen LogP contribution in [0.2, 0.25) is 0 Å². The van der Waals surface area contributed by atoms with Gasteiger partial charge in [-0.25, -0.2) is 0 Å². The molecule has 0 heterocycles. The average Bonchev–Trinajstić information content (AvgIpc) is 3.64. The Labute approximate surface area is 558 Å². The topological polar surface area (TPSA) is 95.9 Å². The molecule has 2 atom stereocenters. The molecule has 0 bridgehead atoms. The Bertz CT molecular complexity index is 1400. The van der Waals surface area contributed by atoms with Gasteiger partial charge >= 0.3 is 5.97 Å². The van der Waals surface area contributed by atoms with Crippen LogP contribution < -0.4 is 5.32 Å². The van der Waals surface area contributed by atoms with Crippen molar-refractivity contribution in [2.45, 2.75) is 482 Å². The van der Waals surface area contributed by atoms with Gasteiger partial charge in [0.1, 0.15) is 0 Å². The first-order valence-corrected chi connectivity index (χ1v) is 41.1. The van der Waals surface area contributed by atoms with Gasteiger partial charge in [0.05, 0.1) is 25.4 Å². The van der Waals surface area contributed by atoms with Crippen molar-refractivity contribution >= 4 is 11.9 Å². The van der Waals surface area contributed by atoms with Crippen molar-refractivity contribution in [3.63, 3.8) is 0 Å². The van der Waals surface area contributed by atoms with Gasteiger partial charge in [0.2, 0.25) is 5.91 Å². The fourth-order valence-corrected chi connectivity index (χ4v) is 13.2. The van der Waals surface area contributed by atoms with Crippen molar-refractivity contribution in [3.05, 3.63) is 24.3 Å². The molecule has 1 amide bonds. The van der Waals surface area contributed by atoms with Crippen molar-refractivity contribution < 1.29 is 24.5 Å². The molecule has 0 aliphatic carbocycles. The first-order valence-electron chi connectivity index (χ1n) is 41.1. The maximum absolute atomic E-state index is 12.6. The number of nitrogens with one attached hydrogen (secondary N) is 1. The van der Waals surface area contributed by atoms with Crippen LogP contribution in [0.1, 0.15) is 470 Å².